The Bertz CT molecular complexity index is 582. The lowest BCUT2D eigenvalue weighted by atomic mass is 9.95. The fourth-order valence-electron chi connectivity index (χ4n) is 3.83. The highest BCUT2D eigenvalue weighted by Gasteiger charge is 2.30. The molecule has 1 unspecified atom stereocenters. The van der Waals surface area contributed by atoms with Crippen LogP contribution in [0.25, 0.3) is 0 Å². The van der Waals surface area contributed by atoms with Gasteiger partial charge in [0, 0.05) is 24.6 Å². The smallest absolute Gasteiger partial charge is 0.303 e. The van der Waals surface area contributed by atoms with Crippen molar-refractivity contribution in [3.8, 4) is 0 Å². The van der Waals surface area contributed by atoms with Crippen LogP contribution in [-0.2, 0) is 17.6 Å². The van der Waals surface area contributed by atoms with E-state index in [0.29, 0.717) is 6.42 Å². The van der Waals surface area contributed by atoms with Gasteiger partial charge >= 0.3 is 5.97 Å². The largest absolute Gasteiger partial charge is 0.481 e. The summed E-state index contributed by atoms with van der Waals surface area (Å²) in [6.07, 6.45) is 6.92. The van der Waals surface area contributed by atoms with E-state index < -0.39 is 5.97 Å². The van der Waals surface area contributed by atoms with Crippen molar-refractivity contribution < 1.29 is 14.7 Å². The van der Waals surface area contributed by atoms with Crippen molar-refractivity contribution in [2.24, 2.45) is 0 Å². The third-order valence-electron chi connectivity index (χ3n) is 4.96. The summed E-state index contributed by atoms with van der Waals surface area (Å²) in [7, 11) is 0. The molecule has 4 nitrogen and oxygen atoms in total. The third kappa shape index (κ3) is 3.01. The highest BCUT2D eigenvalue weighted by molar-refractivity contribution is 5.96. The van der Waals surface area contributed by atoms with Gasteiger partial charge in [-0.2, -0.15) is 0 Å². The number of nitrogens with zero attached hydrogens (tertiary/aromatic N) is 1. The Kier molecular flexibility index (Phi) is 4.46. The molecule has 1 fully saturated rings. The Morgan fingerprint density at radius 1 is 1.18 bits per heavy atom. The molecule has 1 heterocycles. The Morgan fingerprint density at radius 3 is 2.86 bits per heavy atom. The number of hydrogen-bond acceptors (Lipinski definition) is 2. The molecule has 0 saturated carbocycles. The van der Waals surface area contributed by atoms with Crippen LogP contribution in [0.2, 0.25) is 0 Å². The van der Waals surface area contributed by atoms with Crippen molar-refractivity contribution in [3.05, 3.63) is 34.9 Å². The van der Waals surface area contributed by atoms with Crippen LogP contribution < -0.4 is 0 Å². The lowest BCUT2D eigenvalue weighted by Crippen LogP contribution is -2.44. The number of hydrogen-bond donors (Lipinski definition) is 1. The Labute approximate surface area is 131 Å². The van der Waals surface area contributed by atoms with Crippen LogP contribution >= 0.6 is 0 Å². The number of fused-ring (bicyclic) bond motifs is 1. The van der Waals surface area contributed by atoms with Crippen LogP contribution in [0, 0.1) is 0 Å². The second-order valence-corrected chi connectivity index (χ2v) is 6.38. The van der Waals surface area contributed by atoms with Gasteiger partial charge in [0.15, 0.2) is 0 Å². The van der Waals surface area contributed by atoms with Crippen LogP contribution in [0.4, 0.5) is 0 Å². The van der Waals surface area contributed by atoms with Crippen LogP contribution in [0.3, 0.4) is 0 Å². The van der Waals surface area contributed by atoms with Crippen molar-refractivity contribution in [2.45, 2.75) is 57.4 Å². The number of carboxylic acid groups (broad SMARTS) is 1. The number of carbonyl (C=O) groups excluding carboxylic acids is 1. The van der Waals surface area contributed by atoms with Gasteiger partial charge in [-0.05, 0) is 62.1 Å². The predicted octanol–water partition coefficient (Wildman–Crippen LogP) is 3.03. The van der Waals surface area contributed by atoms with E-state index in [0.717, 1.165) is 50.6 Å². The molecule has 0 bridgehead atoms. The van der Waals surface area contributed by atoms with E-state index in [1.54, 1.807) is 0 Å². The van der Waals surface area contributed by atoms with Crippen molar-refractivity contribution >= 4 is 11.9 Å². The Hall–Kier alpha value is -1.84. The minimum absolute atomic E-state index is 0.0783. The molecule has 0 aromatic heterocycles. The highest BCUT2D eigenvalue weighted by atomic mass is 16.4. The summed E-state index contributed by atoms with van der Waals surface area (Å²) in [5.74, 6) is -0.674. The summed E-state index contributed by atoms with van der Waals surface area (Å²) < 4.78 is 0. The number of piperidine rings is 1. The molecule has 118 valence electrons. The number of likely N-dealkylation sites (tertiary alicyclic amines) is 1. The lowest BCUT2D eigenvalue weighted by molar-refractivity contribution is -0.137. The molecule has 1 aliphatic carbocycles. The van der Waals surface area contributed by atoms with Crippen molar-refractivity contribution in [2.75, 3.05) is 6.54 Å². The Balaban J connectivity index is 1.80. The standard InChI is InChI=1S/C18H23NO3/c20-17(21)11-10-14-7-1-2-12-19(14)18(22)16-9-4-6-13-5-3-8-15(13)16/h4,6,9,14H,1-3,5,7-8,10-12H2,(H,20,21). The maximum absolute atomic E-state index is 13.0. The number of rotatable bonds is 4. The van der Waals surface area contributed by atoms with E-state index in [4.69, 9.17) is 5.11 Å². The maximum atomic E-state index is 13.0. The zero-order valence-corrected chi connectivity index (χ0v) is 12.9. The molecule has 1 aliphatic heterocycles. The van der Waals surface area contributed by atoms with E-state index in [9.17, 15) is 9.59 Å². The van der Waals surface area contributed by atoms with Crippen LogP contribution in [0.15, 0.2) is 18.2 Å². The van der Waals surface area contributed by atoms with Gasteiger partial charge in [-0.1, -0.05) is 12.1 Å². The van der Waals surface area contributed by atoms with Gasteiger partial charge in [0.1, 0.15) is 0 Å². The first kappa shape index (κ1) is 15.1. The minimum atomic E-state index is -0.779. The summed E-state index contributed by atoms with van der Waals surface area (Å²) in [6.45, 7) is 0.757. The van der Waals surface area contributed by atoms with Gasteiger partial charge in [-0.3, -0.25) is 9.59 Å². The van der Waals surface area contributed by atoms with Gasteiger partial charge in [0.05, 0.1) is 0 Å². The third-order valence-corrected chi connectivity index (χ3v) is 4.96. The molecule has 1 saturated heterocycles. The van der Waals surface area contributed by atoms with E-state index >= 15 is 0 Å². The van der Waals surface area contributed by atoms with Gasteiger partial charge < -0.3 is 10.0 Å². The molecule has 1 atom stereocenters. The zero-order chi connectivity index (χ0) is 15.5. The number of aliphatic carboxylic acids is 1. The van der Waals surface area contributed by atoms with Gasteiger partial charge in [0.2, 0.25) is 0 Å². The number of carbonyl (C=O) groups is 2. The van der Waals surface area contributed by atoms with E-state index in [-0.39, 0.29) is 18.4 Å². The van der Waals surface area contributed by atoms with E-state index in [2.05, 4.69) is 6.07 Å². The average molecular weight is 301 g/mol. The molecular weight excluding hydrogens is 278 g/mol. The van der Waals surface area contributed by atoms with Crippen molar-refractivity contribution in [1.29, 1.82) is 0 Å². The molecule has 1 aromatic carbocycles. The van der Waals surface area contributed by atoms with Crippen molar-refractivity contribution in [3.63, 3.8) is 0 Å². The molecule has 1 N–H and O–H groups in total. The molecule has 1 amide bonds. The highest BCUT2D eigenvalue weighted by Crippen LogP contribution is 2.29. The number of amides is 1. The average Bonchev–Trinajstić information content (AvgIpc) is 3.01. The van der Waals surface area contributed by atoms with Gasteiger partial charge in [-0.15, -0.1) is 0 Å². The van der Waals surface area contributed by atoms with E-state index in [1.165, 1.54) is 11.1 Å². The number of carboxylic acids is 1. The topological polar surface area (TPSA) is 57.6 Å². The lowest BCUT2D eigenvalue weighted by Gasteiger charge is -2.36. The molecule has 4 heteroatoms. The van der Waals surface area contributed by atoms with Crippen LogP contribution in [0.1, 0.15) is 60.0 Å². The molecule has 22 heavy (non-hydrogen) atoms. The molecule has 0 radical (unpaired) electrons. The minimum Gasteiger partial charge on any atom is -0.481 e. The molecule has 1 aromatic rings. The summed E-state index contributed by atoms with van der Waals surface area (Å²) in [5, 5.41) is 8.91. The second kappa shape index (κ2) is 6.51. The quantitative estimate of drug-likeness (QED) is 0.930. The van der Waals surface area contributed by atoms with Crippen LogP contribution in [-0.4, -0.2) is 34.5 Å². The first-order valence-electron chi connectivity index (χ1n) is 8.30. The molecular formula is C18H23NO3. The molecule has 2 aliphatic rings. The summed E-state index contributed by atoms with van der Waals surface area (Å²) >= 11 is 0. The number of aryl methyl sites for hydroxylation is 1. The molecule has 0 spiro atoms. The van der Waals surface area contributed by atoms with Crippen molar-refractivity contribution in [1.82, 2.24) is 4.90 Å². The zero-order valence-electron chi connectivity index (χ0n) is 12.9. The first-order valence-corrected chi connectivity index (χ1v) is 8.30. The first-order chi connectivity index (χ1) is 10.7. The predicted molar refractivity (Wildman–Crippen MR) is 84.0 cm³/mol. The summed E-state index contributed by atoms with van der Waals surface area (Å²) in [6, 6.07) is 6.12. The summed E-state index contributed by atoms with van der Waals surface area (Å²) in [5.41, 5.74) is 3.37. The molecule has 3 rings (SSSR count). The SMILES string of the molecule is O=C(O)CCC1CCCCN1C(=O)c1cccc2c1CCC2. The normalized spacial score (nSPS) is 20.7. The van der Waals surface area contributed by atoms with Crippen LogP contribution in [0.5, 0.6) is 0 Å². The summed E-state index contributed by atoms with van der Waals surface area (Å²) in [4.78, 5) is 25.8. The second-order valence-electron chi connectivity index (χ2n) is 6.38. The van der Waals surface area contributed by atoms with Gasteiger partial charge in [-0.25, -0.2) is 0 Å². The fourth-order valence-corrected chi connectivity index (χ4v) is 3.83. The van der Waals surface area contributed by atoms with Gasteiger partial charge in [0.25, 0.3) is 5.91 Å². The number of benzene rings is 1. The maximum Gasteiger partial charge on any atom is 0.303 e. The fraction of sp³-hybridized carbons (Fsp3) is 0.556. The monoisotopic (exact) mass is 301 g/mol. The Morgan fingerprint density at radius 2 is 2.05 bits per heavy atom. The van der Waals surface area contributed by atoms with E-state index in [1.807, 2.05) is 17.0 Å².